The molecule has 0 aromatic carbocycles. The highest BCUT2D eigenvalue weighted by Gasteiger charge is 2.45. The third kappa shape index (κ3) is 2.84. The molecule has 1 amide bonds. The molecule has 1 unspecified atom stereocenters. The average molecular weight is 341 g/mol. The molecule has 1 aromatic heterocycles. The molecule has 1 N–H and O–H groups in total. The SMILES string of the molecule is CCCn1nnnc1SCC1C=C(C(=O)O)N2C(=O)C[C@H]2S1. The van der Waals surface area contributed by atoms with Crippen molar-refractivity contribution in [3.63, 3.8) is 0 Å². The molecular formula is C12H15N5O3S2. The smallest absolute Gasteiger partial charge is 0.352 e. The third-order valence-electron chi connectivity index (χ3n) is 3.37. The molecule has 1 saturated heterocycles. The Morgan fingerprint density at radius 3 is 3.09 bits per heavy atom. The van der Waals surface area contributed by atoms with E-state index in [1.165, 1.54) is 16.7 Å². The number of carbonyl (C=O) groups excluding carboxylic acids is 1. The molecule has 118 valence electrons. The molecule has 2 aliphatic rings. The van der Waals surface area contributed by atoms with Gasteiger partial charge in [-0.05, 0) is 22.9 Å². The van der Waals surface area contributed by atoms with Crippen LogP contribution in [0.25, 0.3) is 0 Å². The van der Waals surface area contributed by atoms with E-state index in [0.717, 1.165) is 18.1 Å². The molecule has 2 aliphatic heterocycles. The Morgan fingerprint density at radius 1 is 1.59 bits per heavy atom. The molecule has 3 heterocycles. The quantitative estimate of drug-likeness (QED) is 0.599. The largest absolute Gasteiger partial charge is 0.477 e. The lowest BCUT2D eigenvalue weighted by Gasteiger charge is -2.44. The topological polar surface area (TPSA) is 101 Å². The zero-order valence-electron chi connectivity index (χ0n) is 11.9. The summed E-state index contributed by atoms with van der Waals surface area (Å²) >= 11 is 3.12. The monoisotopic (exact) mass is 341 g/mol. The third-order valence-corrected chi connectivity index (χ3v) is 6.00. The van der Waals surface area contributed by atoms with Crippen LogP contribution in [0.3, 0.4) is 0 Å². The van der Waals surface area contributed by atoms with Crippen LogP contribution >= 0.6 is 23.5 Å². The number of thioether (sulfide) groups is 2. The number of tetrazole rings is 1. The molecule has 0 radical (unpaired) electrons. The fourth-order valence-corrected chi connectivity index (χ4v) is 4.86. The summed E-state index contributed by atoms with van der Waals surface area (Å²) in [7, 11) is 0. The van der Waals surface area contributed by atoms with Crippen LogP contribution in [0.15, 0.2) is 16.9 Å². The van der Waals surface area contributed by atoms with Gasteiger partial charge in [0.2, 0.25) is 11.1 Å². The van der Waals surface area contributed by atoms with Gasteiger partial charge < -0.3 is 5.11 Å². The number of hydrogen-bond acceptors (Lipinski definition) is 7. The molecule has 1 fully saturated rings. The van der Waals surface area contributed by atoms with E-state index in [9.17, 15) is 14.7 Å². The van der Waals surface area contributed by atoms with Crippen molar-refractivity contribution in [3.8, 4) is 0 Å². The van der Waals surface area contributed by atoms with Gasteiger partial charge in [-0.25, -0.2) is 9.48 Å². The first-order valence-corrected chi connectivity index (χ1v) is 8.84. The Kier molecular flexibility index (Phi) is 4.39. The molecule has 3 rings (SSSR count). The van der Waals surface area contributed by atoms with Crippen molar-refractivity contribution in [2.45, 2.75) is 42.1 Å². The first-order chi connectivity index (χ1) is 10.6. The standard InChI is InChI=1S/C12H15N5O3S2/c1-2-3-16-12(13-14-15-16)21-6-7-4-8(11(19)20)17-9(18)5-10(17)22-7/h4,7,10H,2-3,5-6H2,1H3,(H,19,20)/t7?,10-/m1/s1. The Bertz CT molecular complexity index is 632. The summed E-state index contributed by atoms with van der Waals surface area (Å²) in [6, 6.07) is 0. The number of aromatic nitrogens is 4. The maximum atomic E-state index is 11.5. The van der Waals surface area contributed by atoms with Crippen molar-refractivity contribution in [3.05, 3.63) is 11.8 Å². The second-order valence-electron chi connectivity index (χ2n) is 4.95. The highest BCUT2D eigenvalue weighted by atomic mass is 32.2. The number of nitrogens with zero attached hydrogens (tertiary/aromatic N) is 5. The molecule has 0 spiro atoms. The Hall–Kier alpha value is -1.55. The number of β-lactam (4-membered cyclic amide) rings is 1. The lowest BCUT2D eigenvalue weighted by atomic mass is 10.1. The maximum absolute atomic E-state index is 11.5. The number of aliphatic carboxylic acids is 1. The van der Waals surface area contributed by atoms with Crippen LogP contribution < -0.4 is 0 Å². The molecule has 22 heavy (non-hydrogen) atoms. The summed E-state index contributed by atoms with van der Waals surface area (Å²) in [5.41, 5.74) is 0.0961. The normalized spacial score (nSPS) is 23.8. The van der Waals surface area contributed by atoms with E-state index in [-0.39, 0.29) is 22.2 Å². The fraction of sp³-hybridized carbons (Fsp3) is 0.583. The zero-order chi connectivity index (χ0) is 15.7. The number of amides is 1. The van der Waals surface area contributed by atoms with Crippen LogP contribution in [0.2, 0.25) is 0 Å². The number of carboxylic acid groups (broad SMARTS) is 1. The van der Waals surface area contributed by atoms with Crippen molar-refractivity contribution >= 4 is 35.4 Å². The molecule has 8 nitrogen and oxygen atoms in total. The molecular weight excluding hydrogens is 326 g/mol. The van der Waals surface area contributed by atoms with Crippen LogP contribution in [0, 0.1) is 0 Å². The van der Waals surface area contributed by atoms with Gasteiger partial charge in [-0.3, -0.25) is 9.69 Å². The molecule has 0 aliphatic carbocycles. The van der Waals surface area contributed by atoms with Crippen LogP contribution in [0.1, 0.15) is 19.8 Å². The van der Waals surface area contributed by atoms with Gasteiger partial charge in [0.25, 0.3) is 0 Å². The highest BCUT2D eigenvalue weighted by molar-refractivity contribution is 8.03. The van der Waals surface area contributed by atoms with Gasteiger partial charge in [0.05, 0.1) is 11.8 Å². The first-order valence-electron chi connectivity index (χ1n) is 6.91. The fourth-order valence-electron chi connectivity index (χ4n) is 2.35. The number of hydrogen-bond donors (Lipinski definition) is 1. The van der Waals surface area contributed by atoms with Gasteiger partial charge in [-0.1, -0.05) is 18.7 Å². The Labute approximate surface area is 135 Å². The van der Waals surface area contributed by atoms with E-state index in [0.29, 0.717) is 12.2 Å². The van der Waals surface area contributed by atoms with Crippen molar-refractivity contribution < 1.29 is 14.7 Å². The number of rotatable bonds is 6. The second-order valence-corrected chi connectivity index (χ2v) is 7.36. The summed E-state index contributed by atoms with van der Waals surface area (Å²) < 4.78 is 1.75. The first kappa shape index (κ1) is 15.3. The van der Waals surface area contributed by atoms with E-state index < -0.39 is 5.97 Å². The minimum Gasteiger partial charge on any atom is -0.477 e. The Balaban J connectivity index is 1.68. The van der Waals surface area contributed by atoms with Crippen LogP contribution in [0.5, 0.6) is 0 Å². The van der Waals surface area contributed by atoms with E-state index in [4.69, 9.17) is 0 Å². The Morgan fingerprint density at radius 2 is 2.41 bits per heavy atom. The van der Waals surface area contributed by atoms with Crippen molar-refractivity contribution in [1.29, 1.82) is 0 Å². The molecule has 0 bridgehead atoms. The summed E-state index contributed by atoms with van der Waals surface area (Å²) in [5, 5.41) is 21.5. The second kappa shape index (κ2) is 6.29. The van der Waals surface area contributed by atoms with Gasteiger partial charge in [0, 0.05) is 17.5 Å². The number of fused-ring (bicyclic) bond motifs is 1. The molecule has 0 saturated carbocycles. The van der Waals surface area contributed by atoms with Crippen molar-refractivity contribution in [1.82, 2.24) is 25.1 Å². The number of carboxylic acids is 1. The maximum Gasteiger partial charge on any atom is 0.352 e. The predicted molar refractivity (Wildman–Crippen MR) is 81.2 cm³/mol. The number of carbonyl (C=O) groups is 2. The molecule has 1 aromatic rings. The lowest BCUT2D eigenvalue weighted by molar-refractivity contribution is -0.146. The van der Waals surface area contributed by atoms with Crippen LogP contribution in [0.4, 0.5) is 0 Å². The van der Waals surface area contributed by atoms with Gasteiger partial charge in [0.1, 0.15) is 5.70 Å². The lowest BCUT2D eigenvalue weighted by Crippen LogP contribution is -2.54. The summed E-state index contributed by atoms with van der Waals surface area (Å²) in [6.45, 7) is 2.81. The van der Waals surface area contributed by atoms with Crippen LogP contribution in [-0.4, -0.2) is 58.5 Å². The minimum absolute atomic E-state index is 0.0252. The minimum atomic E-state index is -1.05. The van der Waals surface area contributed by atoms with Gasteiger partial charge in [-0.15, -0.1) is 16.9 Å². The van der Waals surface area contributed by atoms with Gasteiger partial charge >= 0.3 is 5.97 Å². The number of aryl methyl sites for hydroxylation is 1. The van der Waals surface area contributed by atoms with E-state index in [1.54, 1.807) is 22.5 Å². The van der Waals surface area contributed by atoms with Crippen molar-refractivity contribution in [2.75, 3.05) is 5.75 Å². The summed E-state index contributed by atoms with van der Waals surface area (Å²) in [5.74, 6) is -0.502. The van der Waals surface area contributed by atoms with E-state index >= 15 is 0 Å². The van der Waals surface area contributed by atoms with Gasteiger partial charge in [0.15, 0.2) is 0 Å². The average Bonchev–Trinajstić information content (AvgIpc) is 2.91. The zero-order valence-corrected chi connectivity index (χ0v) is 13.5. The van der Waals surface area contributed by atoms with E-state index in [1.807, 2.05) is 0 Å². The summed E-state index contributed by atoms with van der Waals surface area (Å²) in [4.78, 5) is 24.2. The van der Waals surface area contributed by atoms with Gasteiger partial charge in [-0.2, -0.15) is 0 Å². The highest BCUT2D eigenvalue weighted by Crippen LogP contribution is 2.41. The van der Waals surface area contributed by atoms with E-state index in [2.05, 4.69) is 22.4 Å². The van der Waals surface area contributed by atoms with Crippen LogP contribution in [-0.2, 0) is 16.1 Å². The molecule has 10 heteroatoms. The summed E-state index contributed by atoms with van der Waals surface area (Å²) in [6.07, 6.45) is 3.00. The molecule has 2 atom stereocenters. The van der Waals surface area contributed by atoms with Crippen molar-refractivity contribution in [2.24, 2.45) is 0 Å². The predicted octanol–water partition coefficient (Wildman–Crippen LogP) is 0.817.